The molecule has 0 radical (unpaired) electrons. The molecule has 0 spiro atoms. The molecule has 2 fully saturated rings. The molecule has 0 aromatic rings. The molecule has 2 aliphatic rings. The molecule has 0 aromatic carbocycles. The molecule has 20 heavy (non-hydrogen) atoms. The van der Waals surface area contributed by atoms with Crippen LogP contribution < -0.4 is 0 Å². The Labute approximate surface area is 125 Å². The molecule has 3 unspecified atom stereocenters. The molecule has 2 nitrogen and oxygen atoms in total. The zero-order chi connectivity index (χ0) is 14.2. The molecule has 1 saturated carbocycles. The summed E-state index contributed by atoms with van der Waals surface area (Å²) in [4.78, 5) is 2.71. The van der Waals surface area contributed by atoms with E-state index in [1.165, 1.54) is 83.7 Å². The highest BCUT2D eigenvalue weighted by Crippen LogP contribution is 2.34. The number of aliphatic hydroxyl groups is 1. The predicted molar refractivity (Wildman–Crippen MR) is 85.9 cm³/mol. The fourth-order valence-electron chi connectivity index (χ4n) is 4.30. The van der Waals surface area contributed by atoms with Gasteiger partial charge in [-0.1, -0.05) is 51.9 Å². The summed E-state index contributed by atoms with van der Waals surface area (Å²) in [6.07, 6.45) is 15.9. The number of hydrogen-bond acceptors (Lipinski definition) is 2. The van der Waals surface area contributed by atoms with E-state index in [2.05, 4.69) is 11.8 Å². The van der Waals surface area contributed by atoms with Gasteiger partial charge in [-0.3, -0.25) is 0 Å². The number of unbranched alkanes of at least 4 members (excludes halogenated alkanes) is 5. The molecule has 1 aliphatic heterocycles. The van der Waals surface area contributed by atoms with Crippen molar-refractivity contribution in [2.24, 2.45) is 5.92 Å². The molecule has 1 N–H and O–H groups in total. The standard InChI is InChI=1S/C18H35NO/c1-2-3-4-5-6-9-14-19-15-10-12-17(19)16-11-7-8-13-18(16)20/h16-18,20H,2-15H2,1H3. The normalized spacial score (nSPS) is 31.8. The summed E-state index contributed by atoms with van der Waals surface area (Å²) in [5, 5.41) is 10.3. The second-order valence-electron chi connectivity index (χ2n) is 7.03. The van der Waals surface area contributed by atoms with Gasteiger partial charge in [-0.15, -0.1) is 0 Å². The molecule has 0 bridgehead atoms. The van der Waals surface area contributed by atoms with Gasteiger partial charge < -0.3 is 10.0 Å². The van der Waals surface area contributed by atoms with Crippen LogP contribution in [0.5, 0.6) is 0 Å². The van der Waals surface area contributed by atoms with Crippen molar-refractivity contribution in [1.82, 2.24) is 4.90 Å². The van der Waals surface area contributed by atoms with Crippen molar-refractivity contribution in [3.63, 3.8) is 0 Å². The van der Waals surface area contributed by atoms with Crippen LogP contribution in [0.25, 0.3) is 0 Å². The minimum absolute atomic E-state index is 0.0149. The number of hydrogen-bond donors (Lipinski definition) is 1. The lowest BCUT2D eigenvalue weighted by atomic mass is 9.80. The summed E-state index contributed by atoms with van der Waals surface area (Å²) < 4.78 is 0. The van der Waals surface area contributed by atoms with Crippen LogP contribution in [0.4, 0.5) is 0 Å². The van der Waals surface area contributed by atoms with Crippen LogP contribution in [0.1, 0.15) is 84.0 Å². The smallest absolute Gasteiger partial charge is 0.0583 e. The largest absolute Gasteiger partial charge is 0.393 e. The first-order valence-electron chi connectivity index (χ1n) is 9.25. The van der Waals surface area contributed by atoms with E-state index in [1.807, 2.05) is 0 Å². The molecule has 118 valence electrons. The molecule has 0 amide bonds. The van der Waals surface area contributed by atoms with Gasteiger partial charge in [-0.05, 0) is 45.2 Å². The van der Waals surface area contributed by atoms with Crippen molar-refractivity contribution >= 4 is 0 Å². The Morgan fingerprint density at radius 3 is 2.45 bits per heavy atom. The highest BCUT2D eigenvalue weighted by Gasteiger charge is 2.36. The molecule has 1 heterocycles. The van der Waals surface area contributed by atoms with Crippen molar-refractivity contribution in [2.75, 3.05) is 13.1 Å². The van der Waals surface area contributed by atoms with Crippen molar-refractivity contribution < 1.29 is 5.11 Å². The van der Waals surface area contributed by atoms with Gasteiger partial charge in [-0.2, -0.15) is 0 Å². The molecular formula is C18H35NO. The predicted octanol–water partition coefficient (Wildman–Crippen LogP) is 4.36. The van der Waals surface area contributed by atoms with E-state index in [0.29, 0.717) is 12.0 Å². The van der Waals surface area contributed by atoms with E-state index < -0.39 is 0 Å². The molecule has 1 aliphatic carbocycles. The van der Waals surface area contributed by atoms with Crippen molar-refractivity contribution in [3.05, 3.63) is 0 Å². The van der Waals surface area contributed by atoms with Crippen molar-refractivity contribution in [2.45, 2.75) is 96.1 Å². The summed E-state index contributed by atoms with van der Waals surface area (Å²) in [5.41, 5.74) is 0. The number of nitrogens with zero attached hydrogens (tertiary/aromatic N) is 1. The van der Waals surface area contributed by atoms with Crippen LogP contribution in [-0.4, -0.2) is 35.2 Å². The van der Waals surface area contributed by atoms with Crippen LogP contribution in [0, 0.1) is 5.92 Å². The lowest BCUT2D eigenvalue weighted by molar-refractivity contribution is 0.0218. The Kier molecular flexibility index (Phi) is 7.37. The van der Waals surface area contributed by atoms with Crippen molar-refractivity contribution in [3.8, 4) is 0 Å². The monoisotopic (exact) mass is 281 g/mol. The molecule has 0 aromatic heterocycles. The van der Waals surface area contributed by atoms with Gasteiger partial charge in [0, 0.05) is 12.0 Å². The van der Waals surface area contributed by atoms with Crippen LogP contribution in [-0.2, 0) is 0 Å². The molecular weight excluding hydrogens is 246 g/mol. The van der Waals surface area contributed by atoms with E-state index in [0.717, 1.165) is 6.42 Å². The summed E-state index contributed by atoms with van der Waals surface area (Å²) in [6.45, 7) is 4.84. The van der Waals surface area contributed by atoms with E-state index in [4.69, 9.17) is 0 Å². The van der Waals surface area contributed by atoms with Crippen LogP contribution in [0.3, 0.4) is 0 Å². The minimum atomic E-state index is -0.0149. The van der Waals surface area contributed by atoms with Gasteiger partial charge in [-0.25, -0.2) is 0 Å². The molecule has 3 atom stereocenters. The number of rotatable bonds is 8. The summed E-state index contributed by atoms with van der Waals surface area (Å²) >= 11 is 0. The van der Waals surface area contributed by atoms with Crippen LogP contribution in [0.15, 0.2) is 0 Å². The molecule has 2 rings (SSSR count). The maximum Gasteiger partial charge on any atom is 0.0583 e. The average Bonchev–Trinajstić information content (AvgIpc) is 2.91. The van der Waals surface area contributed by atoms with E-state index >= 15 is 0 Å². The van der Waals surface area contributed by atoms with E-state index in [-0.39, 0.29) is 6.10 Å². The number of aliphatic hydroxyl groups excluding tert-OH is 1. The van der Waals surface area contributed by atoms with Gasteiger partial charge in [0.2, 0.25) is 0 Å². The Morgan fingerprint density at radius 2 is 1.65 bits per heavy atom. The Hall–Kier alpha value is -0.0800. The van der Waals surface area contributed by atoms with Gasteiger partial charge in [0.25, 0.3) is 0 Å². The summed E-state index contributed by atoms with van der Waals surface area (Å²) in [5.74, 6) is 0.575. The third-order valence-electron chi connectivity index (χ3n) is 5.49. The minimum Gasteiger partial charge on any atom is -0.393 e. The first-order chi connectivity index (χ1) is 9.83. The fraction of sp³-hybridized carbons (Fsp3) is 1.00. The quantitative estimate of drug-likeness (QED) is 0.668. The number of likely N-dealkylation sites (tertiary alicyclic amines) is 1. The van der Waals surface area contributed by atoms with E-state index in [9.17, 15) is 5.11 Å². The first kappa shape index (κ1) is 16.3. The zero-order valence-electron chi connectivity index (χ0n) is 13.5. The SMILES string of the molecule is CCCCCCCCN1CCCC1C1CCCCC1O. The fourth-order valence-corrected chi connectivity index (χ4v) is 4.30. The lowest BCUT2D eigenvalue weighted by Crippen LogP contribution is -2.42. The van der Waals surface area contributed by atoms with Gasteiger partial charge in [0.15, 0.2) is 0 Å². The lowest BCUT2D eigenvalue weighted by Gasteiger charge is -2.37. The Balaban J connectivity index is 1.67. The zero-order valence-corrected chi connectivity index (χ0v) is 13.5. The van der Waals surface area contributed by atoms with Crippen molar-refractivity contribution in [1.29, 1.82) is 0 Å². The van der Waals surface area contributed by atoms with E-state index in [1.54, 1.807) is 0 Å². The topological polar surface area (TPSA) is 23.5 Å². The summed E-state index contributed by atoms with van der Waals surface area (Å²) in [6, 6.07) is 0.695. The maximum atomic E-state index is 10.3. The van der Waals surface area contributed by atoms with Gasteiger partial charge in [0.05, 0.1) is 6.10 Å². The third-order valence-corrected chi connectivity index (χ3v) is 5.49. The average molecular weight is 281 g/mol. The van der Waals surface area contributed by atoms with Gasteiger partial charge in [0.1, 0.15) is 0 Å². The van der Waals surface area contributed by atoms with Crippen LogP contribution in [0.2, 0.25) is 0 Å². The summed E-state index contributed by atoms with van der Waals surface area (Å²) in [7, 11) is 0. The second-order valence-corrected chi connectivity index (χ2v) is 7.03. The Bertz CT molecular complexity index is 256. The maximum absolute atomic E-state index is 10.3. The Morgan fingerprint density at radius 1 is 0.900 bits per heavy atom. The first-order valence-corrected chi connectivity index (χ1v) is 9.25. The van der Waals surface area contributed by atoms with Gasteiger partial charge >= 0.3 is 0 Å². The third kappa shape index (κ3) is 4.73. The van der Waals surface area contributed by atoms with Crippen LogP contribution >= 0.6 is 0 Å². The molecule has 1 saturated heterocycles. The highest BCUT2D eigenvalue weighted by molar-refractivity contribution is 4.90. The second kappa shape index (κ2) is 9.04. The molecule has 2 heteroatoms. The highest BCUT2D eigenvalue weighted by atomic mass is 16.3.